The molecule has 0 radical (unpaired) electrons. The Morgan fingerprint density at radius 1 is 1.06 bits per heavy atom. The number of benzene rings is 1. The first-order chi connectivity index (χ1) is 15.3. The molecule has 2 N–H and O–H groups in total. The van der Waals surface area contributed by atoms with Gasteiger partial charge in [-0.3, -0.25) is 4.90 Å². The van der Waals surface area contributed by atoms with E-state index >= 15 is 0 Å². The van der Waals surface area contributed by atoms with E-state index in [9.17, 15) is 9.59 Å². The molecule has 0 spiro atoms. The normalized spacial score (nSPS) is 15.9. The second-order valence-corrected chi connectivity index (χ2v) is 8.07. The number of rotatable bonds is 4. The molecule has 1 aromatic carbocycles. The molecule has 1 aromatic heterocycles. The standard InChI is InChI=1S/C21H25N3.C4H4O4/c1-16(2)15-23-11-7-18(8-12-23)20-19-6-4-3-5-17(19)9-13-24-14-10-22-21(20)24;5-3(6)1-2-4(7)8/h3-6,10,14H,1,7-9,11-13,15H2,2H3;1-2H,(H,5,6)(H,7,8). The largest absolute Gasteiger partial charge is 0.478 e. The Labute approximate surface area is 188 Å². The Hall–Kier alpha value is -3.45. The summed E-state index contributed by atoms with van der Waals surface area (Å²) in [6.45, 7) is 10.5. The van der Waals surface area contributed by atoms with Crippen LogP contribution in [0.2, 0.25) is 0 Å². The Bertz CT molecular complexity index is 1040. The first-order valence-electron chi connectivity index (χ1n) is 10.7. The summed E-state index contributed by atoms with van der Waals surface area (Å²) in [4.78, 5) is 26.3. The summed E-state index contributed by atoms with van der Waals surface area (Å²) >= 11 is 0. The number of hydrogen-bond acceptors (Lipinski definition) is 4. The van der Waals surface area contributed by atoms with Crippen LogP contribution in [0, 0.1) is 0 Å². The van der Waals surface area contributed by atoms with Gasteiger partial charge in [0.1, 0.15) is 5.82 Å². The molecule has 2 aliphatic rings. The number of aryl methyl sites for hydroxylation is 2. The van der Waals surface area contributed by atoms with Crippen molar-refractivity contribution in [3.8, 4) is 0 Å². The molecule has 2 aromatic rings. The van der Waals surface area contributed by atoms with E-state index in [2.05, 4.69) is 53.4 Å². The molecule has 0 aliphatic carbocycles. The maximum absolute atomic E-state index is 9.55. The van der Waals surface area contributed by atoms with Crippen LogP contribution in [0.1, 0.15) is 36.7 Å². The molecule has 32 heavy (non-hydrogen) atoms. The Morgan fingerprint density at radius 2 is 1.72 bits per heavy atom. The summed E-state index contributed by atoms with van der Waals surface area (Å²) in [7, 11) is 0. The number of carboxylic acid groups (broad SMARTS) is 2. The number of carboxylic acids is 2. The highest BCUT2D eigenvalue weighted by molar-refractivity contribution is 5.89. The molecule has 7 nitrogen and oxygen atoms in total. The molecule has 2 aliphatic heterocycles. The van der Waals surface area contributed by atoms with Gasteiger partial charge in [-0.25, -0.2) is 14.6 Å². The van der Waals surface area contributed by atoms with Gasteiger partial charge in [-0.2, -0.15) is 0 Å². The summed E-state index contributed by atoms with van der Waals surface area (Å²) in [5.74, 6) is -1.36. The van der Waals surface area contributed by atoms with Crippen molar-refractivity contribution < 1.29 is 19.8 Å². The molecular weight excluding hydrogens is 406 g/mol. The van der Waals surface area contributed by atoms with E-state index in [1.54, 1.807) is 5.57 Å². The van der Waals surface area contributed by atoms with Crippen LogP contribution >= 0.6 is 0 Å². The lowest BCUT2D eigenvalue weighted by Gasteiger charge is -2.30. The Morgan fingerprint density at radius 3 is 2.34 bits per heavy atom. The van der Waals surface area contributed by atoms with Gasteiger partial charge in [0, 0.05) is 56.3 Å². The molecule has 1 saturated heterocycles. The lowest BCUT2D eigenvalue weighted by molar-refractivity contribution is -0.134. The highest BCUT2D eigenvalue weighted by Gasteiger charge is 2.24. The quantitative estimate of drug-likeness (QED) is 0.563. The molecule has 0 saturated carbocycles. The number of hydrogen-bond donors (Lipinski definition) is 2. The van der Waals surface area contributed by atoms with Gasteiger partial charge < -0.3 is 14.8 Å². The molecule has 4 rings (SSSR count). The number of piperidine rings is 1. The van der Waals surface area contributed by atoms with E-state index in [1.165, 1.54) is 22.3 Å². The van der Waals surface area contributed by atoms with Crippen molar-refractivity contribution >= 4 is 17.5 Å². The third-order valence-electron chi connectivity index (χ3n) is 5.52. The summed E-state index contributed by atoms with van der Waals surface area (Å²) < 4.78 is 2.32. The number of aromatic nitrogens is 2. The topological polar surface area (TPSA) is 95.7 Å². The smallest absolute Gasteiger partial charge is 0.328 e. The van der Waals surface area contributed by atoms with Gasteiger partial charge in [-0.1, -0.05) is 42.0 Å². The maximum atomic E-state index is 9.55. The van der Waals surface area contributed by atoms with E-state index in [0.717, 1.165) is 51.3 Å². The average molecular weight is 436 g/mol. The second kappa shape index (κ2) is 10.7. The van der Waals surface area contributed by atoms with Crippen molar-refractivity contribution in [2.24, 2.45) is 0 Å². The van der Waals surface area contributed by atoms with E-state index in [1.807, 2.05) is 6.20 Å². The Kier molecular flexibility index (Phi) is 7.78. The van der Waals surface area contributed by atoms with Gasteiger partial charge >= 0.3 is 11.9 Å². The Balaban J connectivity index is 0.000000312. The van der Waals surface area contributed by atoms with E-state index in [0.29, 0.717) is 12.2 Å². The van der Waals surface area contributed by atoms with E-state index in [-0.39, 0.29) is 0 Å². The zero-order valence-electron chi connectivity index (χ0n) is 18.3. The minimum absolute atomic E-state index is 0.558. The van der Waals surface area contributed by atoms with Gasteiger partial charge in [-0.05, 0) is 37.3 Å². The van der Waals surface area contributed by atoms with Gasteiger partial charge in [0.15, 0.2) is 0 Å². The first-order valence-corrected chi connectivity index (χ1v) is 10.7. The fraction of sp³-hybridized carbons (Fsp3) is 0.320. The number of nitrogens with zero attached hydrogens (tertiary/aromatic N) is 3. The van der Waals surface area contributed by atoms with Crippen LogP contribution in [0.25, 0.3) is 5.57 Å². The number of aliphatic carboxylic acids is 2. The molecule has 0 amide bonds. The van der Waals surface area contributed by atoms with Crippen LogP contribution in [0.15, 0.2) is 66.5 Å². The van der Waals surface area contributed by atoms with Gasteiger partial charge in [0.2, 0.25) is 0 Å². The second-order valence-electron chi connectivity index (χ2n) is 8.07. The van der Waals surface area contributed by atoms with Crippen LogP contribution < -0.4 is 0 Å². The van der Waals surface area contributed by atoms with E-state index < -0.39 is 11.9 Å². The van der Waals surface area contributed by atoms with E-state index in [4.69, 9.17) is 15.2 Å². The summed E-state index contributed by atoms with van der Waals surface area (Å²) in [6.07, 6.45) is 8.52. The van der Waals surface area contributed by atoms with Crippen molar-refractivity contribution in [1.82, 2.24) is 14.5 Å². The zero-order valence-corrected chi connectivity index (χ0v) is 18.3. The number of likely N-dealkylation sites (tertiary alicyclic amines) is 1. The molecule has 1 fully saturated rings. The summed E-state index contributed by atoms with van der Waals surface area (Å²) in [5, 5.41) is 15.6. The number of fused-ring (bicyclic) bond motifs is 2. The van der Waals surface area contributed by atoms with Crippen molar-refractivity contribution in [2.75, 3.05) is 19.6 Å². The predicted octanol–water partition coefficient (Wildman–Crippen LogP) is 3.62. The number of imidazole rings is 1. The lowest BCUT2D eigenvalue weighted by atomic mass is 9.90. The molecule has 0 atom stereocenters. The van der Waals surface area contributed by atoms with Crippen LogP contribution in [-0.4, -0.2) is 56.2 Å². The molecule has 0 bridgehead atoms. The molecule has 0 unspecified atom stereocenters. The minimum atomic E-state index is -1.26. The molecular formula is C25H29N3O4. The highest BCUT2D eigenvalue weighted by atomic mass is 16.4. The van der Waals surface area contributed by atoms with Gasteiger partial charge in [-0.15, -0.1) is 0 Å². The predicted molar refractivity (Wildman–Crippen MR) is 123 cm³/mol. The fourth-order valence-corrected chi connectivity index (χ4v) is 4.17. The van der Waals surface area contributed by atoms with Crippen LogP contribution in [-0.2, 0) is 22.6 Å². The molecule has 168 valence electrons. The average Bonchev–Trinajstić information content (AvgIpc) is 3.15. The molecule has 3 heterocycles. The van der Waals surface area contributed by atoms with Crippen LogP contribution in [0.3, 0.4) is 0 Å². The third kappa shape index (κ3) is 6.04. The van der Waals surface area contributed by atoms with Crippen molar-refractivity contribution in [3.05, 3.63) is 83.5 Å². The van der Waals surface area contributed by atoms with Crippen molar-refractivity contribution in [3.63, 3.8) is 0 Å². The van der Waals surface area contributed by atoms with Crippen molar-refractivity contribution in [1.29, 1.82) is 0 Å². The van der Waals surface area contributed by atoms with Gasteiger partial charge in [0.05, 0.1) is 0 Å². The highest BCUT2D eigenvalue weighted by Crippen LogP contribution is 2.35. The summed E-state index contributed by atoms with van der Waals surface area (Å²) in [6, 6.07) is 8.87. The monoisotopic (exact) mass is 435 g/mol. The summed E-state index contributed by atoms with van der Waals surface area (Å²) in [5.41, 5.74) is 7.06. The third-order valence-corrected chi connectivity index (χ3v) is 5.52. The maximum Gasteiger partial charge on any atom is 0.328 e. The van der Waals surface area contributed by atoms with Crippen LogP contribution in [0.4, 0.5) is 0 Å². The lowest BCUT2D eigenvalue weighted by Crippen LogP contribution is -2.32. The fourth-order valence-electron chi connectivity index (χ4n) is 4.17. The molecule has 7 heteroatoms. The van der Waals surface area contributed by atoms with Gasteiger partial charge in [0.25, 0.3) is 0 Å². The zero-order chi connectivity index (χ0) is 23.1. The minimum Gasteiger partial charge on any atom is -0.478 e. The van der Waals surface area contributed by atoms with Crippen molar-refractivity contribution in [2.45, 2.75) is 32.7 Å². The van der Waals surface area contributed by atoms with Crippen LogP contribution in [0.5, 0.6) is 0 Å². The number of carbonyl (C=O) groups is 2. The first kappa shape index (κ1) is 23.2. The SMILES string of the molecule is C=C(C)CN1CCC(=C2c3ccccc3CCn3ccnc32)CC1.O=C(O)C=CC(=O)O.